The van der Waals surface area contributed by atoms with Crippen LogP contribution in [0.25, 0.3) is 11.0 Å². The van der Waals surface area contributed by atoms with Crippen LogP contribution in [0.2, 0.25) is 0 Å². The zero-order chi connectivity index (χ0) is 24.5. The molecule has 0 saturated carbocycles. The van der Waals surface area contributed by atoms with Gasteiger partial charge in [0.15, 0.2) is 0 Å². The number of nitrogens with one attached hydrogen (secondary N) is 1. The van der Waals surface area contributed by atoms with E-state index in [4.69, 9.17) is 9.15 Å². The van der Waals surface area contributed by atoms with Crippen molar-refractivity contribution in [1.29, 1.82) is 0 Å². The van der Waals surface area contributed by atoms with Crippen LogP contribution in [0.1, 0.15) is 54.9 Å². The van der Waals surface area contributed by atoms with E-state index in [2.05, 4.69) is 4.72 Å². The average molecular weight is 484 g/mol. The fourth-order valence-electron chi connectivity index (χ4n) is 4.36. The Bertz CT molecular complexity index is 1390. The van der Waals surface area contributed by atoms with Crippen molar-refractivity contribution in [2.24, 2.45) is 0 Å². The lowest BCUT2D eigenvalue weighted by Gasteiger charge is -2.18. The topological polar surface area (TPSA) is 103 Å². The lowest BCUT2D eigenvalue weighted by atomic mass is 10.0. The number of hydrogen-bond acceptors (Lipinski definition) is 6. The third-order valence-corrected chi connectivity index (χ3v) is 7.80. The molecule has 0 saturated heterocycles. The Morgan fingerprint density at radius 1 is 1.09 bits per heavy atom. The number of sulfonamides is 1. The second-order valence-corrected chi connectivity index (χ2v) is 10.5. The Morgan fingerprint density at radius 2 is 1.79 bits per heavy atom. The summed E-state index contributed by atoms with van der Waals surface area (Å²) in [6.07, 6.45) is 4.18. The Hall–Kier alpha value is -2.97. The van der Waals surface area contributed by atoms with Gasteiger partial charge in [0.25, 0.3) is 0 Å². The molecule has 0 amide bonds. The summed E-state index contributed by atoms with van der Waals surface area (Å²) in [6.45, 7) is 5.56. The molecule has 1 N–H and O–H groups in total. The zero-order valence-electron chi connectivity index (χ0n) is 19.6. The van der Waals surface area contributed by atoms with Crippen molar-refractivity contribution in [3.8, 4) is 5.75 Å². The molecule has 3 aromatic rings. The predicted molar refractivity (Wildman–Crippen MR) is 130 cm³/mol. The van der Waals surface area contributed by atoms with Gasteiger partial charge in [-0.25, -0.2) is 18.0 Å². The number of ether oxygens (including phenoxy) is 1. The number of unbranched alkanes of at least 4 members (excludes halogenated alkanes) is 1. The van der Waals surface area contributed by atoms with Gasteiger partial charge in [0.1, 0.15) is 17.4 Å². The molecule has 0 unspecified atom stereocenters. The number of esters is 1. The number of rotatable bonds is 8. The van der Waals surface area contributed by atoms with Gasteiger partial charge in [-0.15, -0.1) is 0 Å². The summed E-state index contributed by atoms with van der Waals surface area (Å²) in [4.78, 5) is 25.6. The summed E-state index contributed by atoms with van der Waals surface area (Å²) in [6, 6.07) is 8.86. The quantitative estimate of drug-likeness (QED) is 0.290. The molecule has 0 radical (unpaired) electrons. The van der Waals surface area contributed by atoms with E-state index in [0.29, 0.717) is 30.4 Å². The average Bonchev–Trinajstić information content (AvgIpc) is 3.30. The van der Waals surface area contributed by atoms with E-state index in [1.165, 1.54) is 12.1 Å². The number of aryl methyl sites for hydroxylation is 3. The molecule has 8 heteroatoms. The molecule has 7 nitrogen and oxygen atoms in total. The second-order valence-electron chi connectivity index (χ2n) is 8.82. The molecular weight excluding hydrogens is 454 g/mol. The highest BCUT2D eigenvalue weighted by molar-refractivity contribution is 7.89. The first-order chi connectivity index (χ1) is 16.2. The minimum atomic E-state index is -3.91. The van der Waals surface area contributed by atoms with E-state index in [1.807, 2.05) is 13.8 Å². The molecule has 4 rings (SSSR count). The molecular formula is C26H29NO6S. The normalized spacial score (nSPS) is 14.2. The summed E-state index contributed by atoms with van der Waals surface area (Å²) in [5.41, 5.74) is 3.25. The van der Waals surface area contributed by atoms with Gasteiger partial charge >= 0.3 is 11.6 Å². The largest absolute Gasteiger partial charge is 0.425 e. The van der Waals surface area contributed by atoms with Crippen LogP contribution < -0.4 is 15.1 Å². The van der Waals surface area contributed by atoms with Crippen molar-refractivity contribution in [1.82, 2.24) is 4.72 Å². The lowest BCUT2D eigenvalue weighted by molar-refractivity contribution is -0.136. The van der Waals surface area contributed by atoms with Crippen LogP contribution in [0.5, 0.6) is 5.75 Å². The van der Waals surface area contributed by atoms with Gasteiger partial charge in [0.2, 0.25) is 10.0 Å². The summed E-state index contributed by atoms with van der Waals surface area (Å²) in [5, 5.41) is 0.854. The van der Waals surface area contributed by atoms with E-state index in [0.717, 1.165) is 41.3 Å². The van der Waals surface area contributed by atoms with Gasteiger partial charge < -0.3 is 9.15 Å². The fourth-order valence-corrected chi connectivity index (χ4v) is 5.58. The van der Waals surface area contributed by atoms with Crippen LogP contribution in [0.3, 0.4) is 0 Å². The minimum absolute atomic E-state index is 0.0879. The maximum absolute atomic E-state index is 13.1. The van der Waals surface area contributed by atoms with Crippen molar-refractivity contribution in [3.63, 3.8) is 0 Å². The van der Waals surface area contributed by atoms with Crippen LogP contribution in [-0.4, -0.2) is 20.4 Å². The number of carbonyl (C=O) groups excluding carboxylic acids is 1. The van der Waals surface area contributed by atoms with Crippen molar-refractivity contribution >= 4 is 27.0 Å². The first kappa shape index (κ1) is 24.2. The first-order valence-electron chi connectivity index (χ1n) is 11.6. The summed E-state index contributed by atoms with van der Waals surface area (Å²) < 4.78 is 39.5. The molecule has 0 aliphatic heterocycles. The maximum atomic E-state index is 13.1. The summed E-state index contributed by atoms with van der Waals surface area (Å²) >= 11 is 0. The van der Waals surface area contributed by atoms with Gasteiger partial charge in [0.05, 0.1) is 4.90 Å². The molecule has 2 aromatic carbocycles. The number of fused-ring (bicyclic) bond motifs is 3. The summed E-state index contributed by atoms with van der Waals surface area (Å²) in [5.74, 6) is -0.454. The van der Waals surface area contributed by atoms with Crippen LogP contribution in [0.4, 0.5) is 0 Å². The van der Waals surface area contributed by atoms with Crippen LogP contribution in [0.15, 0.2) is 50.5 Å². The van der Waals surface area contributed by atoms with Crippen LogP contribution in [0, 0.1) is 13.8 Å². The molecule has 34 heavy (non-hydrogen) atoms. The third kappa shape index (κ3) is 4.79. The number of hydrogen-bond donors (Lipinski definition) is 1. The molecule has 1 aliphatic rings. The standard InChI is InChI=1S/C26H29NO6S/c1-4-5-9-22(27-34(30,31)18-12-10-16(2)11-13-18)26(29)32-23-15-14-20-19-7-6-8-21(19)25(28)33-24(20)17(23)3/h10-15,22,27H,4-9H2,1-3H3/t22-/m1/s1. The van der Waals surface area contributed by atoms with Crippen molar-refractivity contribution in [3.05, 3.63) is 69.1 Å². The molecule has 0 spiro atoms. The fraction of sp³-hybridized carbons (Fsp3) is 0.385. The van der Waals surface area contributed by atoms with Crippen molar-refractivity contribution in [2.75, 3.05) is 0 Å². The van der Waals surface area contributed by atoms with E-state index in [-0.39, 0.29) is 16.3 Å². The maximum Gasteiger partial charge on any atom is 0.339 e. The molecule has 180 valence electrons. The minimum Gasteiger partial charge on any atom is -0.425 e. The van der Waals surface area contributed by atoms with E-state index in [9.17, 15) is 18.0 Å². The zero-order valence-corrected chi connectivity index (χ0v) is 20.5. The molecule has 1 aromatic heterocycles. The number of benzene rings is 2. The first-order valence-corrected chi connectivity index (χ1v) is 13.1. The van der Waals surface area contributed by atoms with Gasteiger partial charge in [-0.1, -0.05) is 37.5 Å². The smallest absolute Gasteiger partial charge is 0.339 e. The Morgan fingerprint density at radius 3 is 2.50 bits per heavy atom. The Labute approximate surface area is 199 Å². The third-order valence-electron chi connectivity index (χ3n) is 6.31. The highest BCUT2D eigenvalue weighted by Gasteiger charge is 2.28. The molecule has 0 bridgehead atoms. The second kappa shape index (κ2) is 9.72. The highest BCUT2D eigenvalue weighted by Crippen LogP contribution is 2.33. The molecule has 1 heterocycles. The van der Waals surface area contributed by atoms with Gasteiger partial charge in [-0.2, -0.15) is 4.72 Å². The van der Waals surface area contributed by atoms with Crippen molar-refractivity contribution < 1.29 is 22.4 Å². The predicted octanol–water partition coefficient (Wildman–Crippen LogP) is 4.34. The van der Waals surface area contributed by atoms with Gasteiger partial charge in [0, 0.05) is 16.5 Å². The van der Waals surface area contributed by atoms with E-state index < -0.39 is 22.0 Å². The molecule has 1 atom stereocenters. The molecule has 0 fully saturated rings. The number of carbonyl (C=O) groups is 1. The van der Waals surface area contributed by atoms with Gasteiger partial charge in [-0.05, 0) is 69.4 Å². The Balaban J connectivity index is 1.61. The monoisotopic (exact) mass is 483 g/mol. The summed E-state index contributed by atoms with van der Waals surface area (Å²) in [7, 11) is -3.91. The highest BCUT2D eigenvalue weighted by atomic mass is 32.2. The van der Waals surface area contributed by atoms with Crippen LogP contribution in [-0.2, 0) is 27.7 Å². The Kier molecular flexibility index (Phi) is 6.91. The van der Waals surface area contributed by atoms with E-state index in [1.54, 1.807) is 31.2 Å². The van der Waals surface area contributed by atoms with Crippen molar-refractivity contribution in [2.45, 2.75) is 70.2 Å². The SMILES string of the molecule is CCCC[C@@H](NS(=O)(=O)c1ccc(C)cc1)C(=O)Oc1ccc2c3c(c(=O)oc2c1C)CCC3. The lowest BCUT2D eigenvalue weighted by Crippen LogP contribution is -2.43. The van der Waals surface area contributed by atoms with Gasteiger partial charge in [-0.3, -0.25) is 0 Å². The van der Waals surface area contributed by atoms with Crippen LogP contribution >= 0.6 is 0 Å². The molecule has 1 aliphatic carbocycles. The van der Waals surface area contributed by atoms with E-state index >= 15 is 0 Å².